The standard InChI is InChI=1S/C13H18N4/c1-11-3-4-12-14-9-13(17(12)10-11)16-7-5-15(2)6-8-16/h3-4,9-10H,5-8H2,1-2H3. The van der Waals surface area contributed by atoms with Crippen LogP contribution in [0.3, 0.4) is 0 Å². The molecule has 0 N–H and O–H groups in total. The van der Waals surface area contributed by atoms with Crippen LogP contribution in [0.1, 0.15) is 5.56 Å². The zero-order valence-corrected chi connectivity index (χ0v) is 10.4. The van der Waals surface area contributed by atoms with Crippen LogP contribution < -0.4 is 4.90 Å². The highest BCUT2D eigenvalue weighted by atomic mass is 15.3. The lowest BCUT2D eigenvalue weighted by Gasteiger charge is -2.33. The summed E-state index contributed by atoms with van der Waals surface area (Å²) in [5, 5.41) is 0. The summed E-state index contributed by atoms with van der Waals surface area (Å²) < 4.78 is 2.20. The molecule has 1 saturated heterocycles. The monoisotopic (exact) mass is 230 g/mol. The fraction of sp³-hybridized carbons (Fsp3) is 0.462. The van der Waals surface area contributed by atoms with Crippen molar-refractivity contribution in [3.05, 3.63) is 30.1 Å². The van der Waals surface area contributed by atoms with Gasteiger partial charge in [-0.15, -0.1) is 0 Å². The Balaban J connectivity index is 1.97. The Kier molecular flexibility index (Phi) is 2.52. The van der Waals surface area contributed by atoms with E-state index >= 15 is 0 Å². The summed E-state index contributed by atoms with van der Waals surface area (Å²) in [5.41, 5.74) is 2.30. The maximum atomic E-state index is 4.46. The molecule has 17 heavy (non-hydrogen) atoms. The normalized spacial score (nSPS) is 17.9. The second kappa shape index (κ2) is 4.04. The number of aryl methyl sites for hydroxylation is 1. The highest BCUT2D eigenvalue weighted by Crippen LogP contribution is 2.18. The number of aromatic nitrogens is 2. The molecule has 2 aromatic rings. The van der Waals surface area contributed by atoms with Gasteiger partial charge in [-0.2, -0.15) is 0 Å². The third kappa shape index (κ3) is 1.89. The second-order valence-corrected chi connectivity index (χ2v) is 4.84. The van der Waals surface area contributed by atoms with Gasteiger partial charge in [0.2, 0.25) is 0 Å². The van der Waals surface area contributed by atoms with Gasteiger partial charge in [0, 0.05) is 32.4 Å². The van der Waals surface area contributed by atoms with Crippen LogP contribution in [-0.4, -0.2) is 47.5 Å². The predicted molar refractivity (Wildman–Crippen MR) is 69.6 cm³/mol. The third-order valence-corrected chi connectivity index (χ3v) is 3.46. The first kappa shape index (κ1) is 10.6. The average molecular weight is 230 g/mol. The van der Waals surface area contributed by atoms with Crippen LogP contribution in [0.2, 0.25) is 0 Å². The van der Waals surface area contributed by atoms with E-state index in [9.17, 15) is 0 Å². The van der Waals surface area contributed by atoms with Gasteiger partial charge in [0.05, 0.1) is 6.20 Å². The molecule has 0 saturated carbocycles. The lowest BCUT2D eigenvalue weighted by molar-refractivity contribution is 0.312. The van der Waals surface area contributed by atoms with Gasteiger partial charge < -0.3 is 9.80 Å². The molecule has 2 aromatic heterocycles. The van der Waals surface area contributed by atoms with Crippen molar-refractivity contribution < 1.29 is 0 Å². The zero-order chi connectivity index (χ0) is 11.8. The summed E-state index contributed by atoms with van der Waals surface area (Å²) in [6.45, 7) is 6.53. The minimum atomic E-state index is 1.03. The number of nitrogens with zero attached hydrogens (tertiary/aromatic N) is 4. The number of hydrogen-bond acceptors (Lipinski definition) is 3. The number of imidazole rings is 1. The molecule has 4 heteroatoms. The van der Waals surface area contributed by atoms with Gasteiger partial charge in [-0.3, -0.25) is 4.40 Å². The van der Waals surface area contributed by atoms with Gasteiger partial charge in [0.25, 0.3) is 0 Å². The predicted octanol–water partition coefficient (Wildman–Crippen LogP) is 1.39. The Bertz CT molecular complexity index is 523. The average Bonchev–Trinajstić information content (AvgIpc) is 2.73. The fourth-order valence-electron chi connectivity index (χ4n) is 2.34. The lowest BCUT2D eigenvalue weighted by Crippen LogP contribution is -2.44. The molecule has 1 fully saturated rings. The van der Waals surface area contributed by atoms with E-state index in [1.165, 1.54) is 11.4 Å². The highest BCUT2D eigenvalue weighted by Gasteiger charge is 2.17. The molecule has 3 rings (SSSR count). The van der Waals surface area contributed by atoms with Gasteiger partial charge in [-0.25, -0.2) is 4.98 Å². The lowest BCUT2D eigenvalue weighted by atomic mass is 10.3. The third-order valence-electron chi connectivity index (χ3n) is 3.46. The van der Waals surface area contributed by atoms with Crippen LogP contribution in [0.5, 0.6) is 0 Å². The molecule has 90 valence electrons. The minimum absolute atomic E-state index is 1.03. The van der Waals surface area contributed by atoms with Crippen molar-refractivity contribution in [2.24, 2.45) is 0 Å². The molecule has 0 amide bonds. The summed E-state index contributed by atoms with van der Waals surface area (Å²) in [7, 11) is 2.18. The van der Waals surface area contributed by atoms with E-state index in [2.05, 4.69) is 51.5 Å². The molecular weight excluding hydrogens is 212 g/mol. The molecule has 1 aliphatic heterocycles. The molecule has 3 heterocycles. The number of hydrogen-bond donors (Lipinski definition) is 0. The molecule has 1 aliphatic rings. The van der Waals surface area contributed by atoms with Gasteiger partial charge in [-0.1, -0.05) is 6.07 Å². The van der Waals surface area contributed by atoms with Crippen LogP contribution in [0, 0.1) is 6.92 Å². The van der Waals surface area contributed by atoms with E-state index in [0.29, 0.717) is 0 Å². The Morgan fingerprint density at radius 2 is 1.88 bits per heavy atom. The topological polar surface area (TPSA) is 23.8 Å². The molecule has 0 bridgehead atoms. The van der Waals surface area contributed by atoms with E-state index in [1.54, 1.807) is 0 Å². The summed E-state index contributed by atoms with van der Waals surface area (Å²) in [6.07, 6.45) is 4.15. The van der Waals surface area contributed by atoms with Crippen LogP contribution in [-0.2, 0) is 0 Å². The number of piperazine rings is 1. The number of rotatable bonds is 1. The Morgan fingerprint density at radius 1 is 1.12 bits per heavy atom. The van der Waals surface area contributed by atoms with Crippen molar-refractivity contribution in [2.75, 3.05) is 38.1 Å². The van der Waals surface area contributed by atoms with Crippen molar-refractivity contribution in [3.63, 3.8) is 0 Å². The van der Waals surface area contributed by atoms with Gasteiger partial charge >= 0.3 is 0 Å². The second-order valence-electron chi connectivity index (χ2n) is 4.84. The van der Waals surface area contributed by atoms with E-state index in [4.69, 9.17) is 0 Å². The summed E-state index contributed by atoms with van der Waals surface area (Å²) in [5.74, 6) is 1.22. The number of fused-ring (bicyclic) bond motifs is 1. The minimum Gasteiger partial charge on any atom is -0.354 e. The smallest absolute Gasteiger partial charge is 0.138 e. The van der Waals surface area contributed by atoms with Crippen molar-refractivity contribution in [1.29, 1.82) is 0 Å². The zero-order valence-electron chi connectivity index (χ0n) is 10.4. The first-order valence-corrected chi connectivity index (χ1v) is 6.11. The maximum absolute atomic E-state index is 4.46. The van der Waals surface area contributed by atoms with E-state index in [1.807, 2.05) is 6.20 Å². The van der Waals surface area contributed by atoms with E-state index in [-0.39, 0.29) is 0 Å². The van der Waals surface area contributed by atoms with Crippen molar-refractivity contribution in [3.8, 4) is 0 Å². The Labute approximate surface area is 101 Å². The first-order chi connectivity index (χ1) is 8.24. The SMILES string of the molecule is Cc1ccc2ncc(N3CCN(C)CC3)n2c1. The molecule has 0 aliphatic carbocycles. The first-order valence-electron chi connectivity index (χ1n) is 6.11. The number of anilines is 1. The summed E-state index contributed by atoms with van der Waals surface area (Å²) in [4.78, 5) is 9.24. The highest BCUT2D eigenvalue weighted by molar-refractivity contribution is 5.52. The van der Waals surface area contributed by atoms with Crippen molar-refractivity contribution in [1.82, 2.24) is 14.3 Å². The molecule has 0 atom stereocenters. The molecular formula is C13H18N4. The van der Waals surface area contributed by atoms with Gasteiger partial charge in [0.15, 0.2) is 0 Å². The van der Waals surface area contributed by atoms with Crippen molar-refractivity contribution >= 4 is 11.5 Å². The molecule has 0 aromatic carbocycles. The quantitative estimate of drug-likeness (QED) is 0.740. The summed E-state index contributed by atoms with van der Waals surface area (Å²) >= 11 is 0. The Hall–Kier alpha value is -1.55. The number of pyridine rings is 1. The fourth-order valence-corrected chi connectivity index (χ4v) is 2.34. The molecule has 0 unspecified atom stereocenters. The van der Waals surface area contributed by atoms with E-state index < -0.39 is 0 Å². The number of likely N-dealkylation sites (N-methyl/N-ethyl adjacent to an activating group) is 1. The van der Waals surface area contributed by atoms with Crippen LogP contribution in [0.15, 0.2) is 24.5 Å². The molecule has 4 nitrogen and oxygen atoms in total. The van der Waals surface area contributed by atoms with Crippen LogP contribution in [0.4, 0.5) is 5.82 Å². The summed E-state index contributed by atoms with van der Waals surface area (Å²) in [6, 6.07) is 4.19. The van der Waals surface area contributed by atoms with Crippen molar-refractivity contribution in [2.45, 2.75) is 6.92 Å². The van der Waals surface area contributed by atoms with Crippen LogP contribution in [0.25, 0.3) is 5.65 Å². The van der Waals surface area contributed by atoms with Gasteiger partial charge in [-0.05, 0) is 25.6 Å². The Morgan fingerprint density at radius 3 is 2.65 bits per heavy atom. The largest absolute Gasteiger partial charge is 0.354 e. The van der Waals surface area contributed by atoms with Crippen LogP contribution >= 0.6 is 0 Å². The van der Waals surface area contributed by atoms with E-state index in [0.717, 1.165) is 31.8 Å². The molecule has 0 radical (unpaired) electrons. The molecule has 0 spiro atoms. The maximum Gasteiger partial charge on any atom is 0.138 e. The van der Waals surface area contributed by atoms with Gasteiger partial charge in [0.1, 0.15) is 11.5 Å².